The van der Waals surface area contributed by atoms with Gasteiger partial charge in [0, 0.05) is 42.2 Å². The van der Waals surface area contributed by atoms with E-state index in [0.717, 1.165) is 22.9 Å². The number of Topliss-reactive ketones (excluding diaryl/α,β-unsaturated/α-hetero) is 1. The molecule has 192 valence electrons. The number of nitrogens with one attached hydrogen (secondary N) is 1. The Morgan fingerprint density at radius 1 is 0.974 bits per heavy atom. The first kappa shape index (κ1) is 26.2. The summed E-state index contributed by atoms with van der Waals surface area (Å²) in [5.41, 5.74) is 2.46. The molecule has 0 spiro atoms. The number of hydrogen-bond acceptors (Lipinski definition) is 7. The first-order valence-corrected chi connectivity index (χ1v) is 11.9. The molecule has 2 aromatic carbocycles. The minimum atomic E-state index is -1.43. The highest BCUT2D eigenvalue weighted by molar-refractivity contribution is 5.97. The summed E-state index contributed by atoms with van der Waals surface area (Å²) in [7, 11) is 0. The number of pyridine rings is 2. The molecule has 2 aromatic heterocycles. The number of ketones is 1. The van der Waals surface area contributed by atoms with Crippen LogP contribution in [0, 0.1) is 17.7 Å². The SMILES string of the molecule is Cc1ccc(Oc2cccc(C(=O)Cc3ccc(-c4ccc(OCC(C)(C=N)C(=O)O)nc4)nc3)c2)cc1. The summed E-state index contributed by atoms with van der Waals surface area (Å²) < 4.78 is 11.3. The maximum atomic E-state index is 12.9. The number of carboxylic acid groups (broad SMARTS) is 1. The van der Waals surface area contributed by atoms with Gasteiger partial charge >= 0.3 is 5.97 Å². The Hall–Kier alpha value is -4.85. The predicted molar refractivity (Wildman–Crippen MR) is 143 cm³/mol. The van der Waals surface area contributed by atoms with Gasteiger partial charge in [0.1, 0.15) is 23.5 Å². The van der Waals surface area contributed by atoms with Crippen molar-refractivity contribution in [2.75, 3.05) is 6.61 Å². The van der Waals surface area contributed by atoms with Crippen molar-refractivity contribution in [1.29, 1.82) is 5.41 Å². The van der Waals surface area contributed by atoms with Crippen molar-refractivity contribution in [3.8, 4) is 28.6 Å². The molecule has 0 bridgehead atoms. The monoisotopic (exact) mass is 509 g/mol. The number of hydrogen-bond donors (Lipinski definition) is 2. The van der Waals surface area contributed by atoms with Crippen LogP contribution in [0.3, 0.4) is 0 Å². The number of ether oxygens (including phenoxy) is 2. The van der Waals surface area contributed by atoms with Crippen LogP contribution in [-0.4, -0.2) is 39.6 Å². The number of carbonyl (C=O) groups is 2. The third-order valence-corrected chi connectivity index (χ3v) is 5.96. The quantitative estimate of drug-likeness (QED) is 0.194. The highest BCUT2D eigenvalue weighted by Crippen LogP contribution is 2.24. The molecule has 0 aliphatic rings. The van der Waals surface area contributed by atoms with Gasteiger partial charge in [0.25, 0.3) is 0 Å². The summed E-state index contributed by atoms with van der Waals surface area (Å²) in [5.74, 6) is 0.363. The van der Waals surface area contributed by atoms with Crippen molar-refractivity contribution in [1.82, 2.24) is 9.97 Å². The van der Waals surface area contributed by atoms with Crippen LogP contribution in [0.1, 0.15) is 28.4 Å². The summed E-state index contributed by atoms with van der Waals surface area (Å²) in [6.45, 7) is 3.21. The Morgan fingerprint density at radius 3 is 2.39 bits per heavy atom. The van der Waals surface area contributed by atoms with E-state index >= 15 is 0 Å². The molecule has 2 N–H and O–H groups in total. The third kappa shape index (κ3) is 6.47. The Bertz CT molecular complexity index is 1430. The molecule has 0 amide bonds. The second-order valence-corrected chi connectivity index (χ2v) is 9.14. The second-order valence-electron chi connectivity index (χ2n) is 9.14. The molecule has 0 saturated heterocycles. The topological polar surface area (TPSA) is 122 Å². The molecular weight excluding hydrogens is 482 g/mol. The van der Waals surface area contributed by atoms with Gasteiger partial charge in [0.2, 0.25) is 5.88 Å². The first-order valence-electron chi connectivity index (χ1n) is 11.9. The van der Waals surface area contributed by atoms with Crippen LogP contribution in [0.25, 0.3) is 11.3 Å². The number of carbonyl (C=O) groups excluding carboxylic acids is 1. The van der Waals surface area contributed by atoms with Crippen LogP contribution >= 0.6 is 0 Å². The average molecular weight is 510 g/mol. The van der Waals surface area contributed by atoms with E-state index in [2.05, 4.69) is 9.97 Å². The van der Waals surface area contributed by atoms with Crippen LogP contribution < -0.4 is 9.47 Å². The molecule has 0 aliphatic heterocycles. The fourth-order valence-electron chi connectivity index (χ4n) is 3.47. The highest BCUT2D eigenvalue weighted by atomic mass is 16.5. The molecule has 4 aromatic rings. The Labute approximate surface area is 220 Å². The van der Waals surface area contributed by atoms with E-state index in [4.69, 9.17) is 14.9 Å². The van der Waals surface area contributed by atoms with Crippen LogP contribution in [0.4, 0.5) is 0 Å². The molecule has 38 heavy (non-hydrogen) atoms. The van der Waals surface area contributed by atoms with Crippen molar-refractivity contribution >= 4 is 18.0 Å². The summed E-state index contributed by atoms with van der Waals surface area (Å²) >= 11 is 0. The van der Waals surface area contributed by atoms with E-state index in [1.54, 1.807) is 42.7 Å². The summed E-state index contributed by atoms with van der Waals surface area (Å²) in [6.07, 6.45) is 4.27. The van der Waals surface area contributed by atoms with Crippen molar-refractivity contribution in [3.05, 3.63) is 102 Å². The average Bonchev–Trinajstić information content (AvgIpc) is 2.94. The van der Waals surface area contributed by atoms with Gasteiger partial charge in [-0.1, -0.05) is 35.9 Å². The van der Waals surface area contributed by atoms with Crippen molar-refractivity contribution in [2.45, 2.75) is 20.3 Å². The zero-order valence-corrected chi connectivity index (χ0v) is 21.0. The third-order valence-electron chi connectivity index (χ3n) is 5.96. The fourth-order valence-corrected chi connectivity index (χ4v) is 3.47. The van der Waals surface area contributed by atoms with Gasteiger partial charge in [-0.3, -0.25) is 14.6 Å². The zero-order chi connectivity index (χ0) is 27.1. The largest absolute Gasteiger partial charge is 0.480 e. The normalized spacial score (nSPS) is 12.3. The number of aliphatic carboxylic acids is 1. The van der Waals surface area contributed by atoms with E-state index in [1.165, 1.54) is 6.92 Å². The molecule has 4 rings (SSSR count). The summed E-state index contributed by atoms with van der Waals surface area (Å²) in [5, 5.41) is 16.6. The lowest BCUT2D eigenvalue weighted by Gasteiger charge is -2.19. The number of rotatable bonds is 11. The first-order chi connectivity index (χ1) is 18.3. The number of carboxylic acids is 1. The summed E-state index contributed by atoms with van der Waals surface area (Å²) in [4.78, 5) is 32.9. The van der Waals surface area contributed by atoms with Crippen molar-refractivity contribution in [2.24, 2.45) is 5.41 Å². The highest BCUT2D eigenvalue weighted by Gasteiger charge is 2.32. The van der Waals surface area contributed by atoms with Crippen molar-refractivity contribution in [3.63, 3.8) is 0 Å². The van der Waals surface area contributed by atoms with Gasteiger partial charge in [0.15, 0.2) is 5.78 Å². The number of benzene rings is 2. The maximum Gasteiger partial charge on any atom is 0.318 e. The molecule has 0 saturated carbocycles. The molecule has 1 atom stereocenters. The molecule has 8 heteroatoms. The standard InChI is InChI=1S/C30H27N3O5/c1-20-6-10-24(11-7-20)38-25-5-3-4-22(15-25)27(34)14-21-8-12-26(32-16-21)23-9-13-28(33-17-23)37-19-30(2,18-31)29(35)36/h3-13,15-18,31H,14,19H2,1-2H3,(H,35,36). The molecule has 8 nitrogen and oxygen atoms in total. The predicted octanol–water partition coefficient (Wildman–Crippen LogP) is 5.79. The van der Waals surface area contributed by atoms with Gasteiger partial charge in [-0.25, -0.2) is 4.98 Å². The van der Waals surface area contributed by atoms with Crippen LogP contribution in [0.5, 0.6) is 17.4 Å². The minimum Gasteiger partial charge on any atom is -0.480 e. The lowest BCUT2D eigenvalue weighted by molar-refractivity contribution is -0.145. The van der Waals surface area contributed by atoms with E-state index in [0.29, 0.717) is 22.8 Å². The number of aromatic nitrogens is 2. The van der Waals surface area contributed by atoms with Crippen LogP contribution in [0.15, 0.2) is 85.2 Å². The Morgan fingerprint density at radius 2 is 1.76 bits per heavy atom. The van der Waals surface area contributed by atoms with Gasteiger partial charge in [0.05, 0.1) is 5.69 Å². The molecular formula is C30H27N3O5. The lowest BCUT2D eigenvalue weighted by atomic mass is 9.94. The number of nitrogens with zero attached hydrogens (tertiary/aromatic N) is 2. The Kier molecular flexibility index (Phi) is 7.91. The lowest BCUT2D eigenvalue weighted by Crippen LogP contribution is -2.35. The van der Waals surface area contributed by atoms with E-state index in [-0.39, 0.29) is 24.7 Å². The summed E-state index contributed by atoms with van der Waals surface area (Å²) in [6, 6.07) is 21.9. The van der Waals surface area contributed by atoms with E-state index in [1.807, 2.05) is 49.4 Å². The molecule has 0 aliphatic carbocycles. The molecule has 1 unspecified atom stereocenters. The second kappa shape index (κ2) is 11.5. The van der Waals surface area contributed by atoms with Crippen molar-refractivity contribution < 1.29 is 24.2 Å². The maximum absolute atomic E-state index is 12.9. The molecule has 0 fully saturated rings. The van der Waals surface area contributed by atoms with E-state index in [9.17, 15) is 14.7 Å². The smallest absolute Gasteiger partial charge is 0.318 e. The van der Waals surface area contributed by atoms with Gasteiger partial charge in [-0.05, 0) is 55.8 Å². The van der Waals surface area contributed by atoms with Crippen LogP contribution in [-0.2, 0) is 11.2 Å². The minimum absolute atomic E-state index is 0.0460. The van der Waals surface area contributed by atoms with E-state index < -0.39 is 11.4 Å². The zero-order valence-electron chi connectivity index (χ0n) is 21.0. The molecule has 0 radical (unpaired) electrons. The molecule has 2 heterocycles. The fraction of sp³-hybridized carbons (Fsp3) is 0.167. The van der Waals surface area contributed by atoms with Gasteiger partial charge in [-0.2, -0.15) is 0 Å². The van der Waals surface area contributed by atoms with Gasteiger partial charge < -0.3 is 20.0 Å². The van der Waals surface area contributed by atoms with Crippen LogP contribution in [0.2, 0.25) is 0 Å². The number of aryl methyl sites for hydroxylation is 1. The Balaban J connectivity index is 1.37. The van der Waals surface area contributed by atoms with Gasteiger partial charge in [-0.15, -0.1) is 0 Å².